The van der Waals surface area contributed by atoms with Crippen LogP contribution < -0.4 is 10.2 Å². The lowest BCUT2D eigenvalue weighted by Gasteiger charge is -2.27. The molecule has 2 aromatic heterocycles. The minimum absolute atomic E-state index is 0.104. The Hall–Kier alpha value is -2.48. The van der Waals surface area contributed by atoms with Crippen LogP contribution in [0.5, 0.6) is 0 Å². The first-order chi connectivity index (χ1) is 11.2. The lowest BCUT2D eigenvalue weighted by molar-refractivity contribution is -0.124. The Bertz CT molecular complexity index is 622. The van der Waals surface area contributed by atoms with Crippen molar-refractivity contribution in [3.63, 3.8) is 0 Å². The van der Waals surface area contributed by atoms with Crippen LogP contribution in [0.2, 0.25) is 0 Å². The average molecular weight is 316 g/mol. The molecule has 3 rings (SSSR count). The Balaban J connectivity index is 1.53. The maximum absolute atomic E-state index is 12.1. The number of anilines is 1. The van der Waals surface area contributed by atoms with Crippen LogP contribution in [0.15, 0.2) is 31.0 Å². The summed E-state index contributed by atoms with van der Waals surface area (Å²) < 4.78 is 6.86. The number of nitrogens with one attached hydrogen (secondary N) is 1. The summed E-state index contributed by atoms with van der Waals surface area (Å²) in [4.78, 5) is 22.6. The highest BCUT2D eigenvalue weighted by Gasteiger charge is 2.15. The van der Waals surface area contributed by atoms with Gasteiger partial charge in [0.15, 0.2) is 0 Å². The number of hydrogen-bond acceptors (Lipinski definition) is 6. The second kappa shape index (κ2) is 7.19. The number of ether oxygens (including phenoxy) is 1. The number of morpholine rings is 1. The van der Waals surface area contributed by atoms with E-state index in [1.807, 2.05) is 12.1 Å². The molecule has 1 saturated heterocycles. The van der Waals surface area contributed by atoms with Crippen molar-refractivity contribution >= 4 is 11.7 Å². The van der Waals surface area contributed by atoms with E-state index >= 15 is 0 Å². The van der Waals surface area contributed by atoms with Crippen molar-refractivity contribution in [2.75, 3.05) is 31.2 Å². The molecule has 1 aliphatic heterocycles. The maximum atomic E-state index is 12.1. The second-order valence-electron chi connectivity index (χ2n) is 5.39. The molecule has 0 bridgehead atoms. The summed E-state index contributed by atoms with van der Waals surface area (Å²) >= 11 is 0. The first-order valence-corrected chi connectivity index (χ1v) is 7.63. The van der Waals surface area contributed by atoms with Gasteiger partial charge in [0.05, 0.1) is 13.2 Å². The van der Waals surface area contributed by atoms with Crippen molar-refractivity contribution < 1.29 is 9.53 Å². The zero-order chi connectivity index (χ0) is 16.1. The van der Waals surface area contributed by atoms with E-state index in [2.05, 4.69) is 25.3 Å². The van der Waals surface area contributed by atoms with Crippen LogP contribution in [-0.4, -0.2) is 52.0 Å². The van der Waals surface area contributed by atoms with Gasteiger partial charge < -0.3 is 15.0 Å². The summed E-state index contributed by atoms with van der Waals surface area (Å²) in [5.74, 6) is 0.840. The van der Waals surface area contributed by atoms with Gasteiger partial charge in [-0.3, -0.25) is 4.79 Å². The van der Waals surface area contributed by atoms with Gasteiger partial charge in [0.2, 0.25) is 5.91 Å². The molecule has 2 aromatic rings. The molecule has 1 aliphatic rings. The van der Waals surface area contributed by atoms with Crippen LogP contribution in [0.4, 0.5) is 5.82 Å². The standard InChI is InChI=1S/C15H20N6O2/c1-12(21-11-16-10-19-21)15(22)18-9-13-2-3-14(17-8-13)20-4-6-23-7-5-20/h2-3,8,10-12H,4-7,9H2,1H3,(H,18,22)/t12-/m1/s1. The number of carbonyl (C=O) groups is 1. The smallest absolute Gasteiger partial charge is 0.244 e. The van der Waals surface area contributed by atoms with Crippen LogP contribution >= 0.6 is 0 Å². The van der Waals surface area contributed by atoms with Gasteiger partial charge >= 0.3 is 0 Å². The topological polar surface area (TPSA) is 85.2 Å². The van der Waals surface area contributed by atoms with E-state index in [4.69, 9.17) is 4.74 Å². The van der Waals surface area contributed by atoms with Gasteiger partial charge in [-0.15, -0.1) is 0 Å². The monoisotopic (exact) mass is 316 g/mol. The third-order valence-corrected chi connectivity index (χ3v) is 3.82. The van der Waals surface area contributed by atoms with E-state index in [1.165, 1.54) is 17.3 Å². The lowest BCUT2D eigenvalue weighted by Crippen LogP contribution is -2.36. The summed E-state index contributed by atoms with van der Waals surface area (Å²) in [5.41, 5.74) is 0.959. The third kappa shape index (κ3) is 3.84. The Morgan fingerprint density at radius 2 is 2.22 bits per heavy atom. The first kappa shape index (κ1) is 15.4. The highest BCUT2D eigenvalue weighted by Crippen LogP contribution is 2.13. The van der Waals surface area contributed by atoms with E-state index in [-0.39, 0.29) is 5.91 Å². The molecule has 1 fully saturated rings. The quantitative estimate of drug-likeness (QED) is 0.859. The molecule has 0 aliphatic carbocycles. The number of nitrogens with zero attached hydrogens (tertiary/aromatic N) is 5. The molecule has 8 heteroatoms. The fourth-order valence-corrected chi connectivity index (χ4v) is 2.38. The molecule has 0 aromatic carbocycles. The first-order valence-electron chi connectivity index (χ1n) is 7.63. The zero-order valence-electron chi connectivity index (χ0n) is 13.1. The fraction of sp³-hybridized carbons (Fsp3) is 0.467. The summed E-state index contributed by atoms with van der Waals surface area (Å²) in [7, 11) is 0. The van der Waals surface area contributed by atoms with E-state index in [0.717, 1.165) is 37.7 Å². The van der Waals surface area contributed by atoms with Crippen molar-refractivity contribution in [2.45, 2.75) is 19.5 Å². The number of rotatable bonds is 5. The molecule has 0 saturated carbocycles. The molecule has 8 nitrogen and oxygen atoms in total. The van der Waals surface area contributed by atoms with E-state index in [0.29, 0.717) is 6.54 Å². The molecule has 1 atom stereocenters. The third-order valence-electron chi connectivity index (χ3n) is 3.82. The summed E-state index contributed by atoms with van der Waals surface area (Å²) in [6.07, 6.45) is 4.74. The van der Waals surface area contributed by atoms with Crippen LogP contribution in [0.25, 0.3) is 0 Å². The highest BCUT2D eigenvalue weighted by molar-refractivity contribution is 5.79. The summed E-state index contributed by atoms with van der Waals surface area (Å²) in [6.45, 7) is 5.41. The molecule has 0 unspecified atom stereocenters. The van der Waals surface area contributed by atoms with Gasteiger partial charge in [-0.1, -0.05) is 6.07 Å². The van der Waals surface area contributed by atoms with E-state index < -0.39 is 6.04 Å². The van der Waals surface area contributed by atoms with Crippen molar-refractivity contribution in [3.8, 4) is 0 Å². The summed E-state index contributed by atoms with van der Waals surface area (Å²) in [5, 5.41) is 6.86. The Morgan fingerprint density at radius 3 is 2.87 bits per heavy atom. The molecule has 0 radical (unpaired) electrons. The Morgan fingerprint density at radius 1 is 1.39 bits per heavy atom. The van der Waals surface area contributed by atoms with Gasteiger partial charge in [0, 0.05) is 25.8 Å². The molecule has 23 heavy (non-hydrogen) atoms. The van der Waals surface area contributed by atoms with Crippen LogP contribution in [-0.2, 0) is 16.1 Å². The zero-order valence-corrected chi connectivity index (χ0v) is 13.1. The maximum Gasteiger partial charge on any atom is 0.244 e. The summed E-state index contributed by atoms with van der Waals surface area (Å²) in [6, 6.07) is 3.57. The van der Waals surface area contributed by atoms with Crippen molar-refractivity contribution in [1.29, 1.82) is 0 Å². The molecule has 0 spiro atoms. The van der Waals surface area contributed by atoms with Gasteiger partial charge in [-0.05, 0) is 18.6 Å². The fourth-order valence-electron chi connectivity index (χ4n) is 2.38. The van der Waals surface area contributed by atoms with Crippen molar-refractivity contribution in [1.82, 2.24) is 25.1 Å². The van der Waals surface area contributed by atoms with E-state index in [9.17, 15) is 4.79 Å². The number of pyridine rings is 1. The van der Waals surface area contributed by atoms with Crippen LogP contribution in [0, 0.1) is 0 Å². The average Bonchev–Trinajstić information content (AvgIpc) is 3.15. The minimum atomic E-state index is -0.391. The predicted octanol–water partition coefficient (Wildman–Crippen LogP) is 0.387. The van der Waals surface area contributed by atoms with E-state index in [1.54, 1.807) is 13.1 Å². The Labute approximate surface area is 134 Å². The predicted molar refractivity (Wildman–Crippen MR) is 83.8 cm³/mol. The van der Waals surface area contributed by atoms with Crippen molar-refractivity contribution in [2.24, 2.45) is 0 Å². The number of amides is 1. The number of carbonyl (C=O) groups excluding carboxylic acids is 1. The van der Waals surface area contributed by atoms with Crippen molar-refractivity contribution in [3.05, 3.63) is 36.5 Å². The minimum Gasteiger partial charge on any atom is -0.378 e. The molecule has 3 heterocycles. The normalized spacial score (nSPS) is 16.1. The Kier molecular flexibility index (Phi) is 4.82. The van der Waals surface area contributed by atoms with Crippen LogP contribution in [0.1, 0.15) is 18.5 Å². The van der Waals surface area contributed by atoms with Gasteiger partial charge in [-0.2, -0.15) is 5.10 Å². The highest BCUT2D eigenvalue weighted by atomic mass is 16.5. The number of hydrogen-bond donors (Lipinski definition) is 1. The SMILES string of the molecule is C[C@H](C(=O)NCc1ccc(N2CCOCC2)nc1)n1cncn1. The molecule has 122 valence electrons. The lowest BCUT2D eigenvalue weighted by atomic mass is 10.2. The molecule has 1 N–H and O–H groups in total. The largest absolute Gasteiger partial charge is 0.378 e. The van der Waals surface area contributed by atoms with Gasteiger partial charge in [-0.25, -0.2) is 14.6 Å². The van der Waals surface area contributed by atoms with Gasteiger partial charge in [0.25, 0.3) is 0 Å². The second-order valence-corrected chi connectivity index (χ2v) is 5.39. The molecular formula is C15H20N6O2. The molecule has 1 amide bonds. The molecular weight excluding hydrogens is 296 g/mol. The number of aromatic nitrogens is 4. The van der Waals surface area contributed by atoms with Gasteiger partial charge in [0.1, 0.15) is 24.5 Å². The van der Waals surface area contributed by atoms with Crippen LogP contribution in [0.3, 0.4) is 0 Å².